The van der Waals surface area contributed by atoms with Crippen molar-refractivity contribution in [1.82, 2.24) is 4.98 Å². The van der Waals surface area contributed by atoms with E-state index >= 15 is 0 Å². The molecule has 0 atom stereocenters. The van der Waals surface area contributed by atoms with Gasteiger partial charge in [-0.3, -0.25) is 0 Å². The zero-order valence-corrected chi connectivity index (χ0v) is 13.0. The minimum absolute atomic E-state index is 0.0591. The molecule has 0 saturated carbocycles. The normalized spacial score (nSPS) is 12.4. The minimum atomic E-state index is -0.0591. The molecular formula is C7H15B6ClN2S. The van der Waals surface area contributed by atoms with E-state index in [4.69, 9.17) is 11.6 Å². The van der Waals surface area contributed by atoms with Gasteiger partial charge in [-0.15, -0.1) is 12.6 Å². The molecular weight excluding hydrogens is 244 g/mol. The van der Waals surface area contributed by atoms with E-state index < -0.39 is 0 Å². The molecule has 0 aliphatic rings. The lowest BCUT2D eigenvalue weighted by Gasteiger charge is -2.48. The smallest absolute Gasteiger partial charge is 0.145 e. The second-order valence-corrected chi connectivity index (χ2v) is 7.00. The first-order chi connectivity index (χ1) is 7.55. The van der Waals surface area contributed by atoms with Crippen LogP contribution in [0.2, 0.25) is 5.02 Å². The van der Waals surface area contributed by atoms with Crippen LogP contribution in [-0.2, 0) is 0 Å². The Kier molecular flexibility index (Phi) is 4.36. The predicted octanol–water partition coefficient (Wildman–Crippen LogP) is -4.15. The van der Waals surface area contributed by atoms with E-state index in [-0.39, 0.29) is 10.5 Å². The van der Waals surface area contributed by atoms with Crippen molar-refractivity contribution in [1.29, 1.82) is 0 Å². The van der Waals surface area contributed by atoms with Gasteiger partial charge in [-0.25, -0.2) is 4.98 Å². The molecule has 1 rings (SSSR count). The molecule has 0 aliphatic heterocycles. The molecule has 0 aromatic carbocycles. The van der Waals surface area contributed by atoms with Crippen molar-refractivity contribution in [2.45, 2.75) is 15.4 Å². The summed E-state index contributed by atoms with van der Waals surface area (Å²) in [7, 11) is 12.9. The van der Waals surface area contributed by atoms with E-state index in [1.54, 1.807) is 12.3 Å². The first-order valence-electron chi connectivity index (χ1n) is 5.69. The zero-order chi connectivity index (χ0) is 13.4. The highest BCUT2D eigenvalue weighted by molar-refractivity contribution is 7.80. The van der Waals surface area contributed by atoms with Crippen molar-refractivity contribution in [3.63, 3.8) is 0 Å². The summed E-state index contributed by atoms with van der Waals surface area (Å²) in [5.74, 6) is 0.791. The summed E-state index contributed by atoms with van der Waals surface area (Å²) in [5.41, 5.74) is 0. The highest BCUT2D eigenvalue weighted by atomic mass is 35.5. The van der Waals surface area contributed by atoms with Gasteiger partial charge in [0.25, 0.3) is 0 Å². The Morgan fingerprint density at radius 2 is 1.59 bits per heavy atom. The van der Waals surface area contributed by atoms with Gasteiger partial charge in [-0.05, 0) is 16.5 Å². The van der Waals surface area contributed by atoms with Crippen molar-refractivity contribution in [2.75, 3.05) is 4.90 Å². The Bertz CT molecular complexity index is 404. The molecule has 0 fully saturated rings. The van der Waals surface area contributed by atoms with Gasteiger partial charge in [0.2, 0.25) is 0 Å². The van der Waals surface area contributed by atoms with Crippen LogP contribution in [0.5, 0.6) is 0 Å². The minimum Gasteiger partial charge on any atom is -0.391 e. The second kappa shape index (κ2) is 4.93. The molecule has 0 spiro atoms. The van der Waals surface area contributed by atoms with Crippen molar-refractivity contribution in [3.8, 4) is 0 Å². The Morgan fingerprint density at radius 1 is 1.12 bits per heavy atom. The molecule has 10 heteroatoms. The fraction of sp³-hybridized carbons (Fsp3) is 0.286. The lowest BCUT2D eigenvalue weighted by atomic mass is 9.40. The van der Waals surface area contributed by atoms with Gasteiger partial charge >= 0.3 is 0 Å². The molecule has 84 valence electrons. The van der Waals surface area contributed by atoms with E-state index in [1.807, 2.05) is 0 Å². The van der Waals surface area contributed by atoms with Crippen LogP contribution in [0, 0.1) is 0 Å². The Balaban J connectivity index is 3.39. The average molecular weight is 260 g/mol. The highest BCUT2D eigenvalue weighted by Gasteiger charge is 2.33. The molecule has 1 heterocycles. The number of hydrogen-bond donors (Lipinski definition) is 1. The molecule has 2 nitrogen and oxygen atoms in total. The third-order valence-corrected chi connectivity index (χ3v) is 3.28. The molecule has 0 unspecified atom stereocenters. The van der Waals surface area contributed by atoms with E-state index in [9.17, 15) is 0 Å². The molecule has 0 radical (unpaired) electrons. The Hall–Kier alpha value is -0.0204. The lowest BCUT2D eigenvalue weighted by Crippen LogP contribution is -2.64. The van der Waals surface area contributed by atoms with Crippen molar-refractivity contribution >= 4 is 77.1 Å². The number of anilines is 1. The van der Waals surface area contributed by atoms with E-state index in [2.05, 4.69) is 69.6 Å². The zero-order valence-electron chi connectivity index (χ0n) is 11.4. The first kappa shape index (κ1) is 15.0. The number of rotatable bonds is 3. The monoisotopic (exact) mass is 260 g/mol. The third kappa shape index (κ3) is 3.47. The number of hydrogen-bond acceptors (Lipinski definition) is 3. The van der Waals surface area contributed by atoms with Gasteiger partial charge in [0, 0.05) is 11.1 Å². The number of pyridine rings is 1. The maximum absolute atomic E-state index is 6.32. The molecule has 0 N–H and O–H groups in total. The quantitative estimate of drug-likeness (QED) is 0.438. The number of nitrogens with zero attached hydrogens (tertiary/aromatic N) is 2. The second-order valence-electron chi connectivity index (χ2n) is 6.14. The van der Waals surface area contributed by atoms with Gasteiger partial charge in [-0.2, -0.15) is 0 Å². The maximum atomic E-state index is 6.32. The van der Waals surface area contributed by atoms with Crippen LogP contribution in [0.4, 0.5) is 5.82 Å². The Labute approximate surface area is 120 Å². The molecule has 17 heavy (non-hydrogen) atoms. The van der Waals surface area contributed by atoms with Crippen LogP contribution in [0.3, 0.4) is 0 Å². The van der Waals surface area contributed by atoms with Crippen LogP contribution in [0.15, 0.2) is 17.2 Å². The molecule has 1 aromatic rings. The van der Waals surface area contributed by atoms with Crippen LogP contribution in [0.25, 0.3) is 0 Å². The van der Waals surface area contributed by atoms with Crippen LogP contribution >= 0.6 is 24.2 Å². The number of halogens is 1. The molecule has 0 amide bonds. The van der Waals surface area contributed by atoms with Crippen LogP contribution < -0.4 is 4.90 Å². The van der Waals surface area contributed by atoms with Gasteiger partial charge < -0.3 is 4.90 Å². The van der Waals surface area contributed by atoms with Crippen molar-refractivity contribution in [2.24, 2.45) is 0 Å². The van der Waals surface area contributed by atoms with Crippen molar-refractivity contribution < 1.29 is 0 Å². The summed E-state index contributed by atoms with van der Waals surface area (Å²) >= 11 is 10.7. The summed E-state index contributed by atoms with van der Waals surface area (Å²) in [5, 5.41) is 0.494. The van der Waals surface area contributed by atoms with Gasteiger partial charge in [0.1, 0.15) is 52.9 Å². The van der Waals surface area contributed by atoms with Crippen molar-refractivity contribution in [3.05, 3.63) is 17.3 Å². The average Bonchev–Trinajstić information content (AvgIpc) is 2.08. The van der Waals surface area contributed by atoms with Gasteiger partial charge in [0.15, 0.2) is 0 Å². The largest absolute Gasteiger partial charge is 0.391 e. The lowest BCUT2D eigenvalue weighted by molar-refractivity contribution is 0.830. The molecule has 0 saturated heterocycles. The Morgan fingerprint density at radius 3 is 2.00 bits per heavy atom. The SMILES string of the molecule is BC(B)(B)N(c1nccc(S)c1Cl)C(B)(B)B. The fourth-order valence-corrected chi connectivity index (χ4v) is 2.58. The fourth-order valence-electron chi connectivity index (χ4n) is 2.22. The first-order valence-corrected chi connectivity index (χ1v) is 6.51. The topological polar surface area (TPSA) is 16.1 Å². The summed E-state index contributed by atoms with van der Waals surface area (Å²) < 4.78 is 0. The standard InChI is InChI=1S/C7H15B6ClN2S/c8-6(9,10)16(7(11,12)13)5-4(14)3(17)1-2-15-5/h1-2H,8-13H2,(H,15,17). The molecule has 0 bridgehead atoms. The highest BCUT2D eigenvalue weighted by Crippen LogP contribution is 2.33. The van der Waals surface area contributed by atoms with Gasteiger partial charge in [0.05, 0.1) is 5.02 Å². The molecule has 1 aromatic heterocycles. The third-order valence-electron chi connectivity index (χ3n) is 2.40. The van der Waals surface area contributed by atoms with E-state index in [1.165, 1.54) is 0 Å². The summed E-state index contributed by atoms with van der Waals surface area (Å²) in [6, 6.07) is 1.80. The molecule has 0 aliphatic carbocycles. The number of thiol groups is 1. The maximum Gasteiger partial charge on any atom is 0.145 e. The summed E-state index contributed by atoms with van der Waals surface area (Å²) in [6.45, 7) is 0. The van der Waals surface area contributed by atoms with Crippen LogP contribution in [0.1, 0.15) is 0 Å². The van der Waals surface area contributed by atoms with Crippen LogP contribution in [-0.4, -0.2) is 62.5 Å². The summed E-state index contributed by atoms with van der Waals surface area (Å²) in [6.07, 6.45) is 1.74. The number of aromatic nitrogens is 1. The predicted molar refractivity (Wildman–Crippen MR) is 95.7 cm³/mol. The van der Waals surface area contributed by atoms with Gasteiger partial charge in [-0.1, -0.05) is 11.6 Å². The van der Waals surface area contributed by atoms with E-state index in [0.29, 0.717) is 5.02 Å². The summed E-state index contributed by atoms with van der Waals surface area (Å²) in [4.78, 5) is 7.40. The van der Waals surface area contributed by atoms with E-state index in [0.717, 1.165) is 10.7 Å².